The molecule has 6 nitrogen and oxygen atoms in total. The number of aromatic nitrogens is 1. The van der Waals surface area contributed by atoms with E-state index in [1.165, 1.54) is 16.7 Å². The number of amidine groups is 1. The molecule has 0 saturated carbocycles. The van der Waals surface area contributed by atoms with Crippen LogP contribution in [0.4, 0.5) is 0 Å². The van der Waals surface area contributed by atoms with Crippen molar-refractivity contribution >= 4 is 11.5 Å². The van der Waals surface area contributed by atoms with Crippen molar-refractivity contribution in [1.29, 1.82) is 0 Å². The Morgan fingerprint density at radius 2 is 1.84 bits per heavy atom. The molecule has 0 fully saturated rings. The van der Waals surface area contributed by atoms with Gasteiger partial charge >= 0.3 is 0 Å². The zero-order chi connectivity index (χ0) is 22.1. The van der Waals surface area contributed by atoms with Gasteiger partial charge in [0.25, 0.3) is 5.56 Å². The summed E-state index contributed by atoms with van der Waals surface area (Å²) in [5.41, 5.74) is 5.57. The first-order chi connectivity index (χ1) is 14.8. The van der Waals surface area contributed by atoms with Crippen molar-refractivity contribution in [2.45, 2.75) is 39.4 Å². The van der Waals surface area contributed by atoms with Crippen LogP contribution in [0.2, 0.25) is 0 Å². The molecule has 1 aromatic heterocycles. The number of allylic oxidation sites excluding steroid dienone is 2. The molecule has 0 radical (unpaired) electrons. The van der Waals surface area contributed by atoms with Crippen LogP contribution in [0.5, 0.6) is 0 Å². The second kappa shape index (κ2) is 8.55. The number of rotatable bonds is 6. The monoisotopic (exact) mass is 417 g/mol. The molecule has 0 saturated heterocycles. The van der Waals surface area contributed by atoms with Crippen molar-refractivity contribution in [1.82, 2.24) is 19.7 Å². The highest BCUT2D eigenvalue weighted by Gasteiger charge is 2.36. The highest BCUT2D eigenvalue weighted by Crippen LogP contribution is 2.28. The molecule has 1 aromatic carbocycles. The Bertz CT molecular complexity index is 1100. The fourth-order valence-corrected chi connectivity index (χ4v) is 4.32. The van der Waals surface area contributed by atoms with E-state index in [0.717, 1.165) is 23.8 Å². The largest absolute Gasteiger partial charge is 0.378 e. The minimum absolute atomic E-state index is 0.0455. The summed E-state index contributed by atoms with van der Waals surface area (Å²) in [6.07, 6.45) is 5.91. The van der Waals surface area contributed by atoms with Gasteiger partial charge in [0, 0.05) is 31.6 Å². The van der Waals surface area contributed by atoms with Crippen LogP contribution in [0.25, 0.3) is 5.70 Å². The topological polar surface area (TPSA) is 52.9 Å². The fourth-order valence-electron chi connectivity index (χ4n) is 4.32. The fraction of sp³-hybridized carbons (Fsp3) is 0.360. The van der Waals surface area contributed by atoms with E-state index < -0.39 is 0 Å². The van der Waals surface area contributed by atoms with Crippen LogP contribution in [0.1, 0.15) is 23.6 Å². The summed E-state index contributed by atoms with van der Waals surface area (Å²) in [7, 11) is 4.16. The third kappa shape index (κ3) is 4.21. The van der Waals surface area contributed by atoms with Crippen molar-refractivity contribution in [3.05, 3.63) is 87.6 Å². The van der Waals surface area contributed by atoms with Crippen LogP contribution in [0, 0.1) is 13.8 Å². The van der Waals surface area contributed by atoms with E-state index in [4.69, 9.17) is 4.99 Å². The summed E-state index contributed by atoms with van der Waals surface area (Å²) < 4.78 is 1.69. The number of pyridine rings is 1. The zero-order valence-electron chi connectivity index (χ0n) is 19.0. The number of aryl methyl sites for hydroxylation is 2. The molecule has 0 amide bonds. The maximum absolute atomic E-state index is 12.5. The molecule has 2 unspecified atom stereocenters. The van der Waals surface area contributed by atoms with Gasteiger partial charge in [0.15, 0.2) is 5.84 Å². The van der Waals surface area contributed by atoms with Gasteiger partial charge in [-0.2, -0.15) is 0 Å². The molecule has 6 heteroatoms. The lowest BCUT2D eigenvalue weighted by atomic mass is 10.0. The minimum Gasteiger partial charge on any atom is -0.378 e. The lowest BCUT2D eigenvalue weighted by Gasteiger charge is -2.32. The molecule has 2 aliphatic rings. The van der Waals surface area contributed by atoms with E-state index >= 15 is 0 Å². The molecule has 0 bridgehead atoms. The highest BCUT2D eigenvalue weighted by atomic mass is 16.1. The van der Waals surface area contributed by atoms with Crippen molar-refractivity contribution in [3.63, 3.8) is 0 Å². The first-order valence-electron chi connectivity index (χ1n) is 10.8. The summed E-state index contributed by atoms with van der Waals surface area (Å²) in [4.78, 5) is 21.9. The van der Waals surface area contributed by atoms with Gasteiger partial charge in [0.05, 0.1) is 23.5 Å². The van der Waals surface area contributed by atoms with E-state index in [9.17, 15) is 4.79 Å². The van der Waals surface area contributed by atoms with Crippen LogP contribution in [-0.2, 0) is 6.54 Å². The molecule has 2 aromatic rings. The molecule has 2 atom stereocenters. The van der Waals surface area contributed by atoms with Crippen LogP contribution in [-0.4, -0.2) is 52.9 Å². The number of benzene rings is 1. The van der Waals surface area contributed by atoms with Gasteiger partial charge in [0.2, 0.25) is 0 Å². The number of fused-ring (bicyclic) bond motifs is 1. The zero-order valence-corrected chi connectivity index (χ0v) is 19.0. The Balaban J connectivity index is 1.72. The number of nitrogens with zero attached hydrogens (tertiary/aromatic N) is 4. The van der Waals surface area contributed by atoms with E-state index in [2.05, 4.69) is 74.4 Å². The molecule has 3 heterocycles. The third-order valence-electron chi connectivity index (χ3n) is 6.04. The predicted octanol–water partition coefficient (Wildman–Crippen LogP) is 2.98. The van der Waals surface area contributed by atoms with Gasteiger partial charge in [-0.1, -0.05) is 24.3 Å². The minimum atomic E-state index is -0.0455. The predicted molar refractivity (Wildman–Crippen MR) is 127 cm³/mol. The summed E-state index contributed by atoms with van der Waals surface area (Å²) in [5, 5.41) is 3.62. The van der Waals surface area contributed by atoms with Crippen molar-refractivity contribution in [2.24, 2.45) is 4.99 Å². The average molecular weight is 418 g/mol. The highest BCUT2D eigenvalue weighted by molar-refractivity contribution is 6.03. The molecular formula is C25H31N5O. The molecule has 31 heavy (non-hydrogen) atoms. The van der Waals surface area contributed by atoms with Crippen molar-refractivity contribution in [2.75, 3.05) is 20.6 Å². The van der Waals surface area contributed by atoms with Gasteiger partial charge < -0.3 is 15.1 Å². The lowest BCUT2D eigenvalue weighted by molar-refractivity contribution is 0.281. The van der Waals surface area contributed by atoms with Gasteiger partial charge in [-0.3, -0.25) is 14.4 Å². The molecule has 1 N–H and O–H groups in total. The average Bonchev–Trinajstić information content (AvgIpc) is 3.03. The second-order valence-corrected chi connectivity index (χ2v) is 8.67. The Morgan fingerprint density at radius 3 is 2.52 bits per heavy atom. The summed E-state index contributed by atoms with van der Waals surface area (Å²) >= 11 is 0. The molecule has 162 valence electrons. The Kier molecular flexibility index (Phi) is 5.83. The quantitative estimate of drug-likeness (QED) is 0.785. The summed E-state index contributed by atoms with van der Waals surface area (Å²) in [5.74, 6) is 0.943. The Labute approximate surface area is 184 Å². The van der Waals surface area contributed by atoms with E-state index in [1.54, 1.807) is 16.7 Å². The SMILES string of the molecule is Cc1cccc(C)c1CNC1=CC(n2ccccc2=O)=CN2C1=NC(C)C2CN(C)C. The molecule has 2 aliphatic heterocycles. The molecular weight excluding hydrogens is 386 g/mol. The smallest absolute Gasteiger partial charge is 0.255 e. The molecule has 4 rings (SSSR count). The summed E-state index contributed by atoms with van der Waals surface area (Å²) in [6.45, 7) is 8.03. The lowest BCUT2D eigenvalue weighted by Crippen LogP contribution is -2.45. The second-order valence-electron chi connectivity index (χ2n) is 8.67. The standard InChI is InChI=1S/C25H31N5O/c1-17-9-8-10-18(2)21(17)14-26-22-13-20(29-12-7-6-11-24(29)31)15-30-23(16-28(4)5)19(3)27-25(22)30/h6-13,15,19,23,26H,14,16H2,1-5H3. The maximum atomic E-state index is 12.5. The van der Waals surface area contributed by atoms with E-state index in [0.29, 0.717) is 6.54 Å². The first-order valence-corrected chi connectivity index (χ1v) is 10.8. The first kappa shape index (κ1) is 21.1. The van der Waals surface area contributed by atoms with Crippen molar-refractivity contribution < 1.29 is 0 Å². The van der Waals surface area contributed by atoms with E-state index in [1.807, 2.05) is 18.3 Å². The number of likely N-dealkylation sites (N-methyl/N-ethyl adjacent to an activating group) is 1. The van der Waals surface area contributed by atoms with Crippen LogP contribution < -0.4 is 10.9 Å². The van der Waals surface area contributed by atoms with Crippen LogP contribution >= 0.6 is 0 Å². The third-order valence-corrected chi connectivity index (χ3v) is 6.04. The van der Waals surface area contributed by atoms with Gasteiger partial charge in [0.1, 0.15) is 0 Å². The van der Waals surface area contributed by atoms with Gasteiger partial charge in [-0.15, -0.1) is 0 Å². The maximum Gasteiger partial charge on any atom is 0.255 e. The van der Waals surface area contributed by atoms with Crippen LogP contribution in [0.3, 0.4) is 0 Å². The Morgan fingerprint density at radius 1 is 1.10 bits per heavy atom. The van der Waals surface area contributed by atoms with Gasteiger partial charge in [-0.25, -0.2) is 0 Å². The number of hydrogen-bond acceptors (Lipinski definition) is 5. The van der Waals surface area contributed by atoms with E-state index in [-0.39, 0.29) is 17.6 Å². The number of aliphatic imine (C=N–C) groups is 1. The van der Waals surface area contributed by atoms with Crippen molar-refractivity contribution in [3.8, 4) is 0 Å². The normalized spacial score (nSPS) is 20.3. The molecule has 0 aliphatic carbocycles. The Hall–Kier alpha value is -3.12. The van der Waals surface area contributed by atoms with Crippen LogP contribution in [0.15, 0.2) is 70.4 Å². The number of hydrogen-bond donors (Lipinski definition) is 1. The summed E-state index contributed by atoms with van der Waals surface area (Å²) in [6, 6.07) is 12.0. The number of nitrogens with one attached hydrogen (secondary N) is 1. The molecule has 0 spiro atoms. The van der Waals surface area contributed by atoms with Gasteiger partial charge in [-0.05, 0) is 63.7 Å².